The molecule has 1 aliphatic heterocycles. The lowest BCUT2D eigenvalue weighted by Crippen LogP contribution is -2.44. The Bertz CT molecular complexity index is 1120. The van der Waals surface area contributed by atoms with Crippen LogP contribution in [0.25, 0.3) is 10.8 Å². The van der Waals surface area contributed by atoms with Crippen LogP contribution in [0, 0.1) is 6.92 Å². The van der Waals surface area contributed by atoms with E-state index < -0.39 is 16.1 Å². The Morgan fingerprint density at radius 1 is 0.938 bits per heavy atom. The van der Waals surface area contributed by atoms with Crippen molar-refractivity contribution < 1.29 is 13.5 Å². The molecule has 1 saturated heterocycles. The van der Waals surface area contributed by atoms with E-state index in [1.165, 1.54) is 10.7 Å². The van der Waals surface area contributed by atoms with Crippen molar-refractivity contribution in [3.05, 3.63) is 72.3 Å². The minimum Gasteiger partial charge on any atom is -0.390 e. The number of hydrogen-bond acceptors (Lipinski definition) is 4. The summed E-state index contributed by atoms with van der Waals surface area (Å²) in [4.78, 5) is 2.46. The number of likely N-dealkylation sites (tertiary alicyclic amines) is 1. The zero-order valence-corrected chi connectivity index (χ0v) is 20.0. The molecule has 5 nitrogen and oxygen atoms in total. The van der Waals surface area contributed by atoms with Crippen LogP contribution in [0.4, 0.5) is 5.69 Å². The molecule has 0 radical (unpaired) electrons. The summed E-state index contributed by atoms with van der Waals surface area (Å²) in [7, 11) is -3.84. The molecule has 1 atom stereocenters. The second kappa shape index (κ2) is 10.7. The summed E-state index contributed by atoms with van der Waals surface area (Å²) < 4.78 is 28.8. The number of anilines is 1. The van der Waals surface area contributed by atoms with Crippen molar-refractivity contribution in [3.8, 4) is 0 Å². The van der Waals surface area contributed by atoms with Gasteiger partial charge in [-0.05, 0) is 56.4 Å². The maximum absolute atomic E-state index is 13.7. The van der Waals surface area contributed by atoms with E-state index in [2.05, 4.69) is 4.90 Å². The van der Waals surface area contributed by atoms with E-state index in [1.54, 1.807) is 24.3 Å². The monoisotopic (exact) mass is 474 g/mol. The van der Waals surface area contributed by atoms with E-state index in [-0.39, 0.29) is 23.8 Å². The number of rotatable bonds is 7. The summed E-state index contributed by atoms with van der Waals surface area (Å²) in [6.45, 7) is 4.33. The fourth-order valence-corrected chi connectivity index (χ4v) is 5.80. The number of sulfonamides is 1. The highest BCUT2D eigenvalue weighted by molar-refractivity contribution is 7.92. The third-order valence-corrected chi connectivity index (χ3v) is 7.73. The SMILES string of the molecule is Cc1ccc(S(=O)(=O)N(CC(O)CN2CCCCC2)c2cccc3ccccc23)cc1.Cl. The van der Waals surface area contributed by atoms with Crippen molar-refractivity contribution in [2.75, 3.05) is 30.5 Å². The molecule has 0 amide bonds. The number of fused-ring (bicyclic) bond motifs is 1. The zero-order chi connectivity index (χ0) is 21.8. The summed E-state index contributed by atoms with van der Waals surface area (Å²) >= 11 is 0. The molecular formula is C25H31ClN2O3S. The number of piperidine rings is 1. The standard InChI is InChI=1S/C25H30N2O3S.ClH/c1-20-12-14-23(15-13-20)31(29,30)27(19-22(28)18-26-16-5-2-6-17-26)25-11-7-9-21-8-3-4-10-24(21)25;/h3-4,7-15,22,28H,2,5-6,16-19H2,1H3;1H. The van der Waals surface area contributed by atoms with E-state index in [0.29, 0.717) is 12.2 Å². The quantitative estimate of drug-likeness (QED) is 0.543. The second-order valence-electron chi connectivity index (χ2n) is 8.36. The van der Waals surface area contributed by atoms with Gasteiger partial charge in [-0.25, -0.2) is 8.42 Å². The first-order valence-corrected chi connectivity index (χ1v) is 12.4. The molecule has 1 fully saturated rings. The van der Waals surface area contributed by atoms with Gasteiger partial charge < -0.3 is 10.0 Å². The molecule has 1 N–H and O–H groups in total. The first-order chi connectivity index (χ1) is 14.9. The number of β-amino-alcohol motifs (C(OH)–C–C–N with tert-alkyl or cyclic N) is 1. The van der Waals surface area contributed by atoms with E-state index in [4.69, 9.17) is 0 Å². The van der Waals surface area contributed by atoms with Crippen LogP contribution >= 0.6 is 12.4 Å². The number of halogens is 1. The Hall–Kier alpha value is -2.12. The van der Waals surface area contributed by atoms with Crippen LogP contribution in [0.2, 0.25) is 0 Å². The van der Waals surface area contributed by atoms with Crippen molar-refractivity contribution in [2.24, 2.45) is 0 Å². The Balaban J connectivity index is 0.00000289. The van der Waals surface area contributed by atoms with Crippen molar-refractivity contribution >= 4 is 38.9 Å². The maximum atomic E-state index is 13.7. The smallest absolute Gasteiger partial charge is 0.264 e. The van der Waals surface area contributed by atoms with Gasteiger partial charge in [-0.2, -0.15) is 0 Å². The average molecular weight is 475 g/mol. The number of hydrogen-bond donors (Lipinski definition) is 1. The van der Waals surface area contributed by atoms with E-state index >= 15 is 0 Å². The predicted octanol–water partition coefficient (Wildman–Crippen LogP) is 4.61. The fourth-order valence-electron chi connectivity index (χ4n) is 4.28. The van der Waals surface area contributed by atoms with Gasteiger partial charge in [0.15, 0.2) is 0 Å². The minimum atomic E-state index is -3.84. The minimum absolute atomic E-state index is 0. The largest absolute Gasteiger partial charge is 0.390 e. The topological polar surface area (TPSA) is 60.9 Å². The van der Waals surface area contributed by atoms with Gasteiger partial charge in [0.25, 0.3) is 10.0 Å². The molecular weight excluding hydrogens is 444 g/mol. The van der Waals surface area contributed by atoms with Gasteiger partial charge in [0.2, 0.25) is 0 Å². The second-order valence-corrected chi connectivity index (χ2v) is 10.2. The normalized spacial score (nSPS) is 15.8. The molecule has 172 valence electrons. The van der Waals surface area contributed by atoms with Gasteiger partial charge in [0, 0.05) is 11.9 Å². The van der Waals surface area contributed by atoms with Crippen molar-refractivity contribution in [3.63, 3.8) is 0 Å². The van der Waals surface area contributed by atoms with E-state index in [0.717, 1.165) is 42.3 Å². The lowest BCUT2D eigenvalue weighted by Gasteiger charge is -2.32. The Labute approximate surface area is 197 Å². The molecule has 0 aliphatic carbocycles. The summed E-state index contributed by atoms with van der Waals surface area (Å²) in [5.41, 5.74) is 1.59. The fraction of sp³-hybridized carbons (Fsp3) is 0.360. The third kappa shape index (κ3) is 5.44. The van der Waals surface area contributed by atoms with Crippen LogP contribution in [0.5, 0.6) is 0 Å². The molecule has 3 aromatic carbocycles. The molecule has 3 aromatic rings. The van der Waals surface area contributed by atoms with Crippen molar-refractivity contribution in [1.29, 1.82) is 0 Å². The summed E-state index contributed by atoms with van der Waals surface area (Å²) in [5.74, 6) is 0. The van der Waals surface area contributed by atoms with Crippen LogP contribution in [-0.4, -0.2) is 50.7 Å². The number of nitrogens with zero attached hydrogens (tertiary/aromatic N) is 2. The van der Waals surface area contributed by atoms with Crippen LogP contribution in [-0.2, 0) is 10.0 Å². The van der Waals surface area contributed by atoms with Gasteiger partial charge >= 0.3 is 0 Å². The highest BCUT2D eigenvalue weighted by atomic mass is 35.5. The van der Waals surface area contributed by atoms with Crippen LogP contribution in [0.15, 0.2) is 71.6 Å². The number of benzene rings is 3. The molecule has 7 heteroatoms. The number of aryl methyl sites for hydroxylation is 1. The van der Waals surface area contributed by atoms with Gasteiger partial charge in [-0.3, -0.25) is 4.31 Å². The summed E-state index contributed by atoms with van der Waals surface area (Å²) in [6, 6.07) is 20.3. The molecule has 4 rings (SSSR count). The Kier molecular flexibility index (Phi) is 8.17. The van der Waals surface area contributed by atoms with E-state index in [1.807, 2.05) is 49.4 Å². The van der Waals surface area contributed by atoms with E-state index in [9.17, 15) is 13.5 Å². The van der Waals surface area contributed by atoms with Crippen LogP contribution in [0.3, 0.4) is 0 Å². The Morgan fingerprint density at radius 2 is 1.59 bits per heavy atom. The van der Waals surface area contributed by atoms with Crippen LogP contribution < -0.4 is 4.31 Å². The predicted molar refractivity (Wildman–Crippen MR) is 133 cm³/mol. The molecule has 0 bridgehead atoms. The third-order valence-electron chi connectivity index (χ3n) is 5.94. The highest BCUT2D eigenvalue weighted by Crippen LogP contribution is 2.31. The maximum Gasteiger partial charge on any atom is 0.264 e. The van der Waals surface area contributed by atoms with Gasteiger partial charge in [-0.1, -0.05) is 60.5 Å². The molecule has 0 spiro atoms. The number of aliphatic hydroxyl groups is 1. The summed E-state index contributed by atoms with van der Waals surface area (Å²) in [6.07, 6.45) is 2.69. The van der Waals surface area contributed by atoms with Crippen molar-refractivity contribution in [1.82, 2.24) is 4.90 Å². The molecule has 1 unspecified atom stereocenters. The molecule has 32 heavy (non-hydrogen) atoms. The lowest BCUT2D eigenvalue weighted by atomic mass is 10.1. The van der Waals surface area contributed by atoms with Gasteiger partial charge in [-0.15, -0.1) is 12.4 Å². The molecule has 1 aliphatic rings. The van der Waals surface area contributed by atoms with Crippen molar-refractivity contribution in [2.45, 2.75) is 37.2 Å². The first-order valence-electron chi connectivity index (χ1n) is 10.9. The van der Waals surface area contributed by atoms with Gasteiger partial charge in [0.05, 0.1) is 23.2 Å². The highest BCUT2D eigenvalue weighted by Gasteiger charge is 2.29. The Morgan fingerprint density at radius 3 is 2.31 bits per heavy atom. The molecule has 0 saturated carbocycles. The average Bonchev–Trinajstić information content (AvgIpc) is 2.78. The van der Waals surface area contributed by atoms with Crippen LogP contribution in [0.1, 0.15) is 24.8 Å². The molecule has 1 heterocycles. The van der Waals surface area contributed by atoms with Gasteiger partial charge in [0.1, 0.15) is 0 Å². The summed E-state index contributed by atoms with van der Waals surface area (Å²) in [5, 5.41) is 12.7. The zero-order valence-electron chi connectivity index (χ0n) is 18.4. The molecule has 0 aromatic heterocycles. The number of aliphatic hydroxyl groups excluding tert-OH is 1. The lowest BCUT2D eigenvalue weighted by molar-refractivity contribution is 0.107. The first kappa shape index (κ1) is 24.5.